The fourth-order valence-corrected chi connectivity index (χ4v) is 3.38. The molecule has 0 aliphatic heterocycles. The molecule has 1 atom stereocenters. The summed E-state index contributed by atoms with van der Waals surface area (Å²) < 4.78 is 2.68. The Balaban J connectivity index is 2.77. The van der Waals surface area contributed by atoms with E-state index < -0.39 is 5.91 Å². The van der Waals surface area contributed by atoms with E-state index in [1.54, 1.807) is 18.3 Å². The first-order chi connectivity index (χ1) is 7.13. The minimum atomic E-state index is -0.429. The molecule has 0 saturated heterocycles. The molecule has 0 aliphatic rings. The predicted octanol–water partition coefficient (Wildman–Crippen LogP) is 2.69. The molecular formula is C8H6BrIN3OP. The summed E-state index contributed by atoms with van der Waals surface area (Å²) in [5.74, 6) is -0.429. The van der Waals surface area contributed by atoms with Gasteiger partial charge < -0.3 is 5.73 Å². The number of primary amides is 1. The molecule has 0 saturated carbocycles. The van der Waals surface area contributed by atoms with Crippen LogP contribution in [-0.2, 0) is 0 Å². The Labute approximate surface area is 109 Å². The van der Waals surface area contributed by atoms with E-state index >= 15 is 0 Å². The van der Waals surface area contributed by atoms with Crippen LogP contribution in [0.25, 0.3) is 10.9 Å². The highest BCUT2D eigenvalue weighted by atomic mass is 127. The summed E-state index contributed by atoms with van der Waals surface area (Å²) >= 11 is 5.63. The van der Waals surface area contributed by atoms with E-state index in [-0.39, 0.29) is 0 Å². The van der Waals surface area contributed by atoms with Crippen molar-refractivity contribution >= 4 is 61.2 Å². The Morgan fingerprint density at radius 2 is 2.33 bits per heavy atom. The molecule has 0 spiro atoms. The number of fused-ring (bicyclic) bond motifs is 1. The Kier molecular flexibility index (Phi) is 3.27. The molecule has 0 bridgehead atoms. The highest BCUT2D eigenvalue weighted by Gasteiger charge is 2.10. The lowest BCUT2D eigenvalue weighted by atomic mass is 10.1. The minimum absolute atomic E-state index is 0.429. The maximum absolute atomic E-state index is 11.1. The van der Waals surface area contributed by atoms with Crippen molar-refractivity contribution in [2.45, 2.75) is 0 Å². The van der Waals surface area contributed by atoms with Crippen LogP contribution in [0.15, 0.2) is 22.8 Å². The van der Waals surface area contributed by atoms with E-state index in [0.717, 1.165) is 15.4 Å². The molecule has 2 rings (SSSR count). The van der Waals surface area contributed by atoms with Crippen LogP contribution in [0.4, 0.5) is 0 Å². The second-order valence-corrected chi connectivity index (χ2v) is 5.79. The normalized spacial score (nSPS) is 11.6. The standard InChI is InChI=1S/C8H6BrIN3OP/c9-6-1-4(8(11)14)2-7-5(6)3-12-13(7)15-10/h1-3,15H,(H2,11,14). The fourth-order valence-electron chi connectivity index (χ4n) is 1.29. The number of carbonyl (C=O) groups is 1. The summed E-state index contributed by atoms with van der Waals surface area (Å²) in [5, 5.41) is 5.20. The summed E-state index contributed by atoms with van der Waals surface area (Å²) in [6, 6.07) is 3.48. The summed E-state index contributed by atoms with van der Waals surface area (Å²) in [4.78, 5) is 11.1. The lowest BCUT2D eigenvalue weighted by Crippen LogP contribution is -2.10. The quantitative estimate of drug-likeness (QED) is 0.625. The molecular weight excluding hydrogens is 392 g/mol. The maximum Gasteiger partial charge on any atom is 0.248 e. The summed E-state index contributed by atoms with van der Waals surface area (Å²) in [6.45, 7) is 0. The molecule has 4 nitrogen and oxygen atoms in total. The lowest BCUT2D eigenvalue weighted by molar-refractivity contribution is 0.100. The number of benzene rings is 1. The highest BCUT2D eigenvalue weighted by molar-refractivity contribution is 14.2. The smallest absolute Gasteiger partial charge is 0.248 e. The van der Waals surface area contributed by atoms with Gasteiger partial charge in [-0.25, -0.2) is 4.45 Å². The first-order valence-electron chi connectivity index (χ1n) is 3.97. The zero-order valence-corrected chi connectivity index (χ0v) is 12.1. The van der Waals surface area contributed by atoms with Crippen LogP contribution in [0.5, 0.6) is 0 Å². The molecule has 1 unspecified atom stereocenters. The number of rotatable bonds is 2. The molecule has 7 heteroatoms. The number of amides is 1. The minimum Gasteiger partial charge on any atom is -0.366 e. The second-order valence-electron chi connectivity index (χ2n) is 2.90. The van der Waals surface area contributed by atoms with Crippen molar-refractivity contribution in [1.29, 1.82) is 0 Å². The molecule has 1 amide bonds. The van der Waals surface area contributed by atoms with Crippen molar-refractivity contribution in [2.75, 3.05) is 0 Å². The SMILES string of the molecule is NC(=O)c1cc(Br)c2cnn(PI)c2c1. The Morgan fingerprint density at radius 3 is 2.93 bits per heavy atom. The number of hydrogen-bond donors (Lipinski definition) is 1. The topological polar surface area (TPSA) is 60.9 Å². The molecule has 0 radical (unpaired) electrons. The molecule has 0 aliphatic carbocycles. The van der Waals surface area contributed by atoms with Gasteiger partial charge in [-0.1, -0.05) is 15.9 Å². The summed E-state index contributed by atoms with van der Waals surface area (Å²) in [7, 11) is 0. The van der Waals surface area contributed by atoms with Crippen molar-refractivity contribution in [2.24, 2.45) is 5.73 Å². The Hall–Kier alpha value is -0.200. The first kappa shape index (κ1) is 11.3. The number of nitrogens with two attached hydrogens (primary N) is 1. The average Bonchev–Trinajstić information content (AvgIpc) is 2.60. The molecule has 1 aromatic carbocycles. The van der Waals surface area contributed by atoms with Gasteiger partial charge in [-0.3, -0.25) is 4.79 Å². The van der Waals surface area contributed by atoms with Crippen molar-refractivity contribution in [3.8, 4) is 0 Å². The third kappa shape index (κ3) is 2.03. The van der Waals surface area contributed by atoms with Gasteiger partial charge in [0.1, 0.15) is 0 Å². The van der Waals surface area contributed by atoms with Crippen LogP contribution >= 0.6 is 44.3 Å². The molecule has 0 fully saturated rings. The van der Waals surface area contributed by atoms with Crippen LogP contribution in [0.3, 0.4) is 0 Å². The zero-order valence-electron chi connectivity index (χ0n) is 7.37. The van der Waals surface area contributed by atoms with E-state index in [1.807, 2.05) is 4.45 Å². The van der Waals surface area contributed by atoms with Crippen molar-refractivity contribution in [3.63, 3.8) is 0 Å². The molecule has 1 aromatic heterocycles. The van der Waals surface area contributed by atoms with Gasteiger partial charge in [-0.2, -0.15) is 5.10 Å². The van der Waals surface area contributed by atoms with Crippen LogP contribution in [0.1, 0.15) is 10.4 Å². The maximum atomic E-state index is 11.1. The predicted molar refractivity (Wildman–Crippen MR) is 73.7 cm³/mol. The van der Waals surface area contributed by atoms with Gasteiger partial charge in [0.15, 0.2) is 0 Å². The average molecular weight is 398 g/mol. The molecule has 2 aromatic rings. The van der Waals surface area contributed by atoms with Gasteiger partial charge in [0.25, 0.3) is 0 Å². The summed E-state index contributed by atoms with van der Waals surface area (Å²) in [5.41, 5.74) is 6.66. The van der Waals surface area contributed by atoms with Gasteiger partial charge >= 0.3 is 0 Å². The third-order valence-corrected chi connectivity index (χ3v) is 4.55. The van der Waals surface area contributed by atoms with Crippen molar-refractivity contribution in [1.82, 2.24) is 9.55 Å². The first-order valence-corrected chi connectivity index (χ1v) is 8.82. The second kappa shape index (κ2) is 4.35. The highest BCUT2D eigenvalue weighted by Crippen LogP contribution is 2.32. The number of hydrogen-bond acceptors (Lipinski definition) is 2. The lowest BCUT2D eigenvalue weighted by Gasteiger charge is -2.01. The van der Waals surface area contributed by atoms with Crippen molar-refractivity contribution in [3.05, 3.63) is 28.4 Å². The zero-order chi connectivity index (χ0) is 11.0. The largest absolute Gasteiger partial charge is 0.366 e. The van der Waals surface area contributed by atoms with E-state index in [4.69, 9.17) is 5.73 Å². The van der Waals surface area contributed by atoms with E-state index in [1.165, 1.54) is 0 Å². The van der Waals surface area contributed by atoms with Gasteiger partial charge in [-0.05, 0) is 34.2 Å². The Bertz CT molecular complexity index is 542. The fraction of sp³-hybridized carbons (Fsp3) is 0. The molecule has 15 heavy (non-hydrogen) atoms. The number of aromatic nitrogens is 2. The van der Waals surface area contributed by atoms with Gasteiger partial charge in [0, 0.05) is 15.4 Å². The number of carbonyl (C=O) groups excluding carboxylic acids is 1. The number of nitrogens with zero attached hydrogens (tertiary/aromatic N) is 2. The molecule has 78 valence electrons. The third-order valence-electron chi connectivity index (χ3n) is 2.00. The van der Waals surface area contributed by atoms with Gasteiger partial charge in [0.05, 0.1) is 18.1 Å². The van der Waals surface area contributed by atoms with Crippen molar-refractivity contribution < 1.29 is 4.79 Å². The molecule has 1 heterocycles. The summed E-state index contributed by atoms with van der Waals surface area (Å²) in [6.07, 6.45) is 2.27. The Morgan fingerprint density at radius 1 is 1.60 bits per heavy atom. The van der Waals surface area contributed by atoms with Crippen LogP contribution < -0.4 is 5.73 Å². The van der Waals surface area contributed by atoms with E-state index in [2.05, 4.69) is 43.1 Å². The van der Waals surface area contributed by atoms with Gasteiger partial charge in [0.2, 0.25) is 5.91 Å². The molecule has 2 N–H and O–H groups in total. The van der Waals surface area contributed by atoms with E-state index in [9.17, 15) is 4.79 Å². The van der Waals surface area contributed by atoms with Crippen LogP contribution in [0.2, 0.25) is 0 Å². The van der Waals surface area contributed by atoms with Gasteiger partial charge in [-0.15, -0.1) is 0 Å². The number of halogens is 2. The monoisotopic (exact) mass is 397 g/mol. The van der Waals surface area contributed by atoms with Crippen LogP contribution in [0, 0.1) is 0 Å². The van der Waals surface area contributed by atoms with Crippen LogP contribution in [-0.4, -0.2) is 15.5 Å². The van der Waals surface area contributed by atoms with E-state index in [0.29, 0.717) is 11.9 Å².